The van der Waals surface area contributed by atoms with Gasteiger partial charge < -0.3 is 11.1 Å². The molecular weight excluding hydrogens is 248 g/mol. The zero-order valence-electron chi connectivity index (χ0n) is 13.0. The van der Waals surface area contributed by atoms with E-state index in [2.05, 4.69) is 12.2 Å². The lowest BCUT2D eigenvalue weighted by molar-refractivity contribution is -0.129. The van der Waals surface area contributed by atoms with Crippen molar-refractivity contribution in [2.75, 3.05) is 6.54 Å². The molecular formula is C17H30N2O. The van der Waals surface area contributed by atoms with E-state index in [4.69, 9.17) is 5.73 Å². The second-order valence-corrected chi connectivity index (χ2v) is 7.99. The number of nitrogens with two attached hydrogens (primary N) is 1. The van der Waals surface area contributed by atoms with Crippen molar-refractivity contribution in [1.29, 1.82) is 0 Å². The summed E-state index contributed by atoms with van der Waals surface area (Å²) in [5.41, 5.74) is 5.97. The molecule has 4 fully saturated rings. The highest BCUT2D eigenvalue weighted by Crippen LogP contribution is 2.61. The molecule has 0 aliphatic heterocycles. The van der Waals surface area contributed by atoms with Crippen molar-refractivity contribution in [1.82, 2.24) is 5.32 Å². The molecule has 0 aromatic carbocycles. The van der Waals surface area contributed by atoms with Gasteiger partial charge >= 0.3 is 0 Å². The van der Waals surface area contributed by atoms with Crippen molar-refractivity contribution in [3.8, 4) is 0 Å². The normalized spacial score (nSPS) is 41.5. The van der Waals surface area contributed by atoms with Crippen molar-refractivity contribution in [3.63, 3.8) is 0 Å². The third-order valence-corrected chi connectivity index (χ3v) is 6.41. The van der Waals surface area contributed by atoms with Gasteiger partial charge in [0.25, 0.3) is 0 Å². The second kappa shape index (κ2) is 5.32. The fraction of sp³-hybridized carbons (Fsp3) is 0.941. The van der Waals surface area contributed by atoms with Crippen molar-refractivity contribution >= 4 is 5.91 Å². The standard InChI is InChI=1S/C17H30N2O/c1-11(3-4-18)16(20)19-12(2)17-8-13-5-14(9-17)7-15(6-13)10-17/h11-15H,3-10,18H2,1-2H3,(H,19,20). The first kappa shape index (κ1) is 14.4. The smallest absolute Gasteiger partial charge is 0.223 e. The van der Waals surface area contributed by atoms with Crippen molar-refractivity contribution < 1.29 is 4.79 Å². The SMILES string of the molecule is CC(CCN)C(=O)NC(C)C12CC3CC(CC(C3)C1)C2. The predicted molar refractivity (Wildman–Crippen MR) is 81.0 cm³/mol. The quantitative estimate of drug-likeness (QED) is 0.812. The first-order valence-electron chi connectivity index (χ1n) is 8.53. The molecule has 0 aromatic heterocycles. The molecule has 3 heteroatoms. The number of amides is 1. The third-order valence-electron chi connectivity index (χ3n) is 6.41. The summed E-state index contributed by atoms with van der Waals surface area (Å²) in [7, 11) is 0. The number of carbonyl (C=O) groups excluding carboxylic acids is 1. The third kappa shape index (κ3) is 2.49. The minimum Gasteiger partial charge on any atom is -0.353 e. The molecule has 0 saturated heterocycles. The van der Waals surface area contributed by atoms with Gasteiger partial charge in [-0.05, 0) is 81.6 Å². The highest BCUT2D eigenvalue weighted by Gasteiger charge is 2.53. The van der Waals surface area contributed by atoms with Crippen LogP contribution in [0.4, 0.5) is 0 Å². The van der Waals surface area contributed by atoms with Crippen molar-refractivity contribution in [2.24, 2.45) is 34.8 Å². The van der Waals surface area contributed by atoms with Gasteiger partial charge in [-0.2, -0.15) is 0 Å². The Labute approximate surface area is 123 Å². The van der Waals surface area contributed by atoms with Crippen LogP contribution in [0.15, 0.2) is 0 Å². The van der Waals surface area contributed by atoms with Crippen molar-refractivity contribution in [2.45, 2.75) is 64.8 Å². The Hall–Kier alpha value is -0.570. The molecule has 0 heterocycles. The minimum atomic E-state index is 0.0522. The van der Waals surface area contributed by atoms with Gasteiger partial charge in [-0.3, -0.25) is 4.79 Å². The summed E-state index contributed by atoms with van der Waals surface area (Å²) < 4.78 is 0. The van der Waals surface area contributed by atoms with Gasteiger partial charge in [0.1, 0.15) is 0 Å². The maximum absolute atomic E-state index is 12.3. The van der Waals surface area contributed by atoms with Gasteiger partial charge in [0.15, 0.2) is 0 Å². The van der Waals surface area contributed by atoms with Crippen LogP contribution in [0, 0.1) is 29.1 Å². The summed E-state index contributed by atoms with van der Waals surface area (Å²) in [6, 6.07) is 0.337. The zero-order chi connectivity index (χ0) is 14.3. The van der Waals surface area contributed by atoms with E-state index in [0.29, 0.717) is 18.0 Å². The molecule has 4 bridgehead atoms. The lowest BCUT2D eigenvalue weighted by atomic mass is 9.48. The molecule has 4 saturated carbocycles. The Morgan fingerprint density at radius 2 is 1.65 bits per heavy atom. The Balaban J connectivity index is 1.65. The van der Waals surface area contributed by atoms with Crippen LogP contribution >= 0.6 is 0 Å². The van der Waals surface area contributed by atoms with Crippen LogP contribution < -0.4 is 11.1 Å². The summed E-state index contributed by atoms with van der Waals surface area (Å²) in [5, 5.41) is 3.33. The van der Waals surface area contributed by atoms with Crippen LogP contribution in [-0.2, 0) is 4.79 Å². The highest BCUT2D eigenvalue weighted by molar-refractivity contribution is 5.78. The lowest BCUT2D eigenvalue weighted by Crippen LogP contribution is -2.56. The Bertz CT molecular complexity index is 344. The highest BCUT2D eigenvalue weighted by atomic mass is 16.1. The van der Waals surface area contributed by atoms with Gasteiger partial charge in [0.05, 0.1) is 0 Å². The van der Waals surface area contributed by atoms with Gasteiger partial charge in [0, 0.05) is 12.0 Å². The van der Waals surface area contributed by atoms with Gasteiger partial charge in [-0.1, -0.05) is 6.92 Å². The minimum absolute atomic E-state index is 0.0522. The van der Waals surface area contributed by atoms with Crippen molar-refractivity contribution in [3.05, 3.63) is 0 Å². The van der Waals surface area contributed by atoms with Gasteiger partial charge in [-0.25, -0.2) is 0 Å². The Morgan fingerprint density at radius 3 is 2.10 bits per heavy atom. The molecule has 20 heavy (non-hydrogen) atoms. The molecule has 0 aromatic rings. The Morgan fingerprint density at radius 1 is 1.15 bits per heavy atom. The molecule has 0 radical (unpaired) electrons. The summed E-state index contributed by atoms with van der Waals surface area (Å²) in [4.78, 5) is 12.3. The van der Waals surface area contributed by atoms with Crippen LogP contribution in [0.2, 0.25) is 0 Å². The van der Waals surface area contributed by atoms with E-state index in [-0.39, 0.29) is 11.8 Å². The van der Waals surface area contributed by atoms with Crippen LogP contribution in [-0.4, -0.2) is 18.5 Å². The molecule has 3 nitrogen and oxygen atoms in total. The largest absolute Gasteiger partial charge is 0.353 e. The van der Waals surface area contributed by atoms with E-state index < -0.39 is 0 Å². The first-order chi connectivity index (χ1) is 9.52. The van der Waals surface area contributed by atoms with E-state index >= 15 is 0 Å². The van der Waals surface area contributed by atoms with Crippen LogP contribution in [0.3, 0.4) is 0 Å². The number of carbonyl (C=O) groups is 1. The van der Waals surface area contributed by atoms with Gasteiger partial charge in [-0.15, -0.1) is 0 Å². The average Bonchev–Trinajstić information content (AvgIpc) is 2.37. The fourth-order valence-electron chi connectivity index (χ4n) is 5.60. The maximum atomic E-state index is 12.3. The Kier molecular flexibility index (Phi) is 3.83. The van der Waals surface area contributed by atoms with E-state index in [1.54, 1.807) is 0 Å². The number of rotatable bonds is 5. The fourth-order valence-corrected chi connectivity index (χ4v) is 5.60. The van der Waals surface area contributed by atoms with Crippen LogP contribution in [0.1, 0.15) is 58.8 Å². The molecule has 4 aliphatic carbocycles. The predicted octanol–water partition coefficient (Wildman–Crippen LogP) is 2.69. The molecule has 4 aliphatic rings. The first-order valence-corrected chi connectivity index (χ1v) is 8.53. The summed E-state index contributed by atoms with van der Waals surface area (Å²) in [6.07, 6.45) is 9.24. The summed E-state index contributed by atoms with van der Waals surface area (Å²) >= 11 is 0. The van der Waals surface area contributed by atoms with E-state index in [9.17, 15) is 4.79 Å². The van der Waals surface area contributed by atoms with Crippen LogP contribution in [0.5, 0.6) is 0 Å². The van der Waals surface area contributed by atoms with E-state index in [1.807, 2.05) is 6.92 Å². The molecule has 114 valence electrons. The molecule has 2 unspecified atom stereocenters. The summed E-state index contributed by atoms with van der Waals surface area (Å²) in [5.74, 6) is 3.10. The lowest BCUT2D eigenvalue weighted by Gasteiger charge is -2.59. The molecule has 3 N–H and O–H groups in total. The maximum Gasteiger partial charge on any atom is 0.223 e. The monoisotopic (exact) mass is 278 g/mol. The van der Waals surface area contributed by atoms with Crippen LogP contribution in [0.25, 0.3) is 0 Å². The number of nitrogens with one attached hydrogen (secondary N) is 1. The molecule has 2 atom stereocenters. The second-order valence-electron chi connectivity index (χ2n) is 7.99. The van der Waals surface area contributed by atoms with Gasteiger partial charge in [0.2, 0.25) is 5.91 Å². The number of hydrogen-bond donors (Lipinski definition) is 2. The average molecular weight is 278 g/mol. The van der Waals surface area contributed by atoms with E-state index in [0.717, 1.165) is 24.2 Å². The topological polar surface area (TPSA) is 55.1 Å². The molecule has 4 rings (SSSR count). The molecule has 1 amide bonds. The molecule has 0 spiro atoms. The zero-order valence-corrected chi connectivity index (χ0v) is 13.0. The van der Waals surface area contributed by atoms with E-state index in [1.165, 1.54) is 38.5 Å². The number of hydrogen-bond acceptors (Lipinski definition) is 2. The summed E-state index contributed by atoms with van der Waals surface area (Å²) in [6.45, 7) is 4.84.